The molecule has 3 heterocycles. The minimum Gasteiger partial charge on any atom is -0.494 e. The van der Waals surface area contributed by atoms with Crippen LogP contribution in [0.4, 0.5) is 13.2 Å². The minimum absolute atomic E-state index is 0.000677. The number of fused-ring (bicyclic) bond motifs is 1. The Kier molecular flexibility index (Phi) is 16.1. The van der Waals surface area contributed by atoms with Crippen LogP contribution in [0.3, 0.4) is 0 Å². The Morgan fingerprint density at radius 1 is 1.19 bits per heavy atom. The molecule has 0 bridgehead atoms. The summed E-state index contributed by atoms with van der Waals surface area (Å²) in [7, 11) is 1.69. The number of halogens is 3. The zero-order valence-corrected chi connectivity index (χ0v) is 28.7. The molecule has 5 rings (SSSR count). The van der Waals surface area contributed by atoms with Gasteiger partial charge in [0.25, 0.3) is 6.47 Å². The average molecular weight is 680 g/mol. The van der Waals surface area contributed by atoms with Crippen LogP contribution in [0.1, 0.15) is 86.9 Å². The van der Waals surface area contributed by atoms with Gasteiger partial charge in [0, 0.05) is 56.9 Å². The molecule has 2 N–H and O–H groups in total. The lowest BCUT2D eigenvalue weighted by molar-refractivity contribution is -0.138. The lowest BCUT2D eigenvalue weighted by Gasteiger charge is -2.33. The molecule has 0 radical (unpaired) electrons. The number of rotatable bonds is 10. The first kappa shape index (κ1) is 39.2. The fourth-order valence-electron chi connectivity index (χ4n) is 6.48. The topological polar surface area (TPSA) is 110 Å². The number of carbonyl (C=O) groups is 2. The molecule has 9 nitrogen and oxygen atoms in total. The highest BCUT2D eigenvalue weighted by Crippen LogP contribution is 2.36. The van der Waals surface area contributed by atoms with Crippen LogP contribution in [0.2, 0.25) is 0 Å². The molecular weight excluding hydrogens is 627 g/mol. The molecule has 1 saturated heterocycles. The van der Waals surface area contributed by atoms with E-state index in [1.54, 1.807) is 12.0 Å². The highest BCUT2D eigenvalue weighted by atomic mass is 19.4. The Balaban J connectivity index is 0.000000969. The van der Waals surface area contributed by atoms with E-state index in [-0.39, 0.29) is 55.1 Å². The summed E-state index contributed by atoms with van der Waals surface area (Å²) in [5.41, 5.74) is 1.67. The molecule has 1 aliphatic carbocycles. The summed E-state index contributed by atoms with van der Waals surface area (Å²) in [4.78, 5) is 28.0. The first-order valence-electron chi connectivity index (χ1n) is 17.1. The summed E-state index contributed by atoms with van der Waals surface area (Å²) < 4.78 is 59.0. The predicted molar refractivity (Wildman–Crippen MR) is 177 cm³/mol. The van der Waals surface area contributed by atoms with E-state index in [1.165, 1.54) is 12.5 Å². The maximum absolute atomic E-state index is 14.1. The quantitative estimate of drug-likeness (QED) is 0.220. The number of ether oxygens (including phenoxy) is 3. The predicted octanol–water partition coefficient (Wildman–Crippen LogP) is 6.37. The van der Waals surface area contributed by atoms with E-state index >= 15 is 0 Å². The maximum Gasteiger partial charge on any atom is 0.418 e. The van der Waals surface area contributed by atoms with Crippen molar-refractivity contribution >= 4 is 12.4 Å². The molecule has 1 amide bonds. The summed E-state index contributed by atoms with van der Waals surface area (Å²) in [5, 5.41) is 10.6. The van der Waals surface area contributed by atoms with Crippen molar-refractivity contribution in [1.29, 1.82) is 0 Å². The zero-order valence-electron chi connectivity index (χ0n) is 28.7. The number of carbonyl (C=O) groups excluding carboxylic acids is 1. The lowest BCUT2D eigenvalue weighted by Crippen LogP contribution is -2.50. The van der Waals surface area contributed by atoms with Gasteiger partial charge in [-0.3, -0.25) is 14.6 Å². The van der Waals surface area contributed by atoms with E-state index in [9.17, 15) is 18.0 Å². The van der Waals surface area contributed by atoms with Gasteiger partial charge in [0.15, 0.2) is 0 Å². The number of hydrogen-bond donors (Lipinski definition) is 2. The molecule has 48 heavy (non-hydrogen) atoms. The number of aryl methyl sites for hydroxylation is 2. The number of methoxy groups -OCH3 is 1. The van der Waals surface area contributed by atoms with Gasteiger partial charge in [-0.2, -0.15) is 13.2 Å². The molecule has 3 aliphatic rings. The van der Waals surface area contributed by atoms with Crippen LogP contribution in [0.15, 0.2) is 30.3 Å². The largest absolute Gasteiger partial charge is 0.494 e. The van der Waals surface area contributed by atoms with Gasteiger partial charge in [0.2, 0.25) is 5.91 Å². The third-order valence-corrected chi connectivity index (χ3v) is 8.77. The van der Waals surface area contributed by atoms with Gasteiger partial charge in [-0.15, -0.1) is 0 Å². The van der Waals surface area contributed by atoms with Crippen LogP contribution < -0.4 is 10.1 Å². The van der Waals surface area contributed by atoms with Gasteiger partial charge in [-0.1, -0.05) is 32.4 Å². The van der Waals surface area contributed by atoms with Gasteiger partial charge in [0.05, 0.1) is 30.6 Å². The summed E-state index contributed by atoms with van der Waals surface area (Å²) in [6.45, 7) is 8.33. The van der Waals surface area contributed by atoms with Crippen LogP contribution in [0.25, 0.3) is 0 Å². The third kappa shape index (κ3) is 11.7. The summed E-state index contributed by atoms with van der Waals surface area (Å²) in [6, 6.07) is 9.37. The van der Waals surface area contributed by atoms with Crippen molar-refractivity contribution in [2.24, 2.45) is 5.92 Å². The zero-order chi connectivity index (χ0) is 35.1. The molecule has 2 aliphatic heterocycles. The van der Waals surface area contributed by atoms with Crippen LogP contribution in [-0.2, 0) is 44.6 Å². The number of unbranched alkanes of at least 4 members (excludes halogenated alkanes) is 1. The van der Waals surface area contributed by atoms with Crippen molar-refractivity contribution in [3.8, 4) is 5.75 Å². The molecule has 1 saturated carbocycles. The van der Waals surface area contributed by atoms with Gasteiger partial charge >= 0.3 is 6.18 Å². The molecule has 4 atom stereocenters. The fourth-order valence-corrected chi connectivity index (χ4v) is 6.48. The van der Waals surface area contributed by atoms with Crippen molar-refractivity contribution in [3.63, 3.8) is 0 Å². The normalized spacial score (nSPS) is 22.0. The maximum atomic E-state index is 14.1. The highest BCUT2D eigenvalue weighted by molar-refractivity contribution is 5.79. The first-order valence-corrected chi connectivity index (χ1v) is 17.1. The number of aromatic nitrogens is 1. The number of nitrogens with one attached hydrogen (secondary N) is 1. The Bertz CT molecular complexity index is 1290. The second kappa shape index (κ2) is 19.7. The van der Waals surface area contributed by atoms with Crippen molar-refractivity contribution in [1.82, 2.24) is 15.2 Å². The second-order valence-electron chi connectivity index (χ2n) is 12.6. The third-order valence-electron chi connectivity index (χ3n) is 8.77. The van der Waals surface area contributed by atoms with Crippen LogP contribution in [-0.4, -0.2) is 79.0 Å². The van der Waals surface area contributed by atoms with E-state index in [1.807, 2.05) is 31.2 Å². The van der Waals surface area contributed by atoms with E-state index < -0.39 is 11.7 Å². The van der Waals surface area contributed by atoms with Crippen LogP contribution in [0.5, 0.6) is 5.75 Å². The van der Waals surface area contributed by atoms with Gasteiger partial charge in [-0.05, 0) is 81.2 Å². The second-order valence-corrected chi connectivity index (χ2v) is 12.6. The lowest BCUT2D eigenvalue weighted by atomic mass is 9.97. The van der Waals surface area contributed by atoms with E-state index in [0.29, 0.717) is 56.9 Å². The molecule has 4 unspecified atom stereocenters. The van der Waals surface area contributed by atoms with Gasteiger partial charge in [0.1, 0.15) is 5.75 Å². The molecule has 268 valence electrons. The number of amides is 1. The minimum atomic E-state index is -4.50. The Morgan fingerprint density at radius 2 is 1.94 bits per heavy atom. The number of pyridine rings is 1. The highest BCUT2D eigenvalue weighted by Gasteiger charge is 2.38. The van der Waals surface area contributed by atoms with Crippen molar-refractivity contribution in [2.45, 2.75) is 109 Å². The molecule has 12 heteroatoms. The van der Waals surface area contributed by atoms with Gasteiger partial charge < -0.3 is 29.5 Å². The van der Waals surface area contributed by atoms with Crippen LogP contribution >= 0.6 is 0 Å². The summed E-state index contributed by atoms with van der Waals surface area (Å²) >= 11 is 0. The fraction of sp³-hybridized carbons (Fsp3) is 0.639. The SMILES string of the molecule is CCC.COC1COCCC1NC1CCC(C(=O)N2CCc3nc(CCCCOc4cccc(C)c4)c(C(F)(F)F)cc3C2)C1.O=CO. The molecule has 2 aromatic rings. The standard InChI is InChI=1S/C32H42F3N3O4.C3H8.CH2O2/c1-21-6-5-7-25(16-21)42-14-4-3-8-28-26(32(33,34)35)18-23-19-38(13-11-27(23)37-28)31(39)22-9-10-24(17-22)36-29-12-15-41-20-30(29)40-2;1-3-2;2-1-3/h5-7,16,18,22,24,29-30,36H,3-4,8-15,17,19-20H2,1-2H3;3H2,1-2H3;1H,(H,2,3). The number of carboxylic acid groups (broad SMARTS) is 1. The Morgan fingerprint density at radius 3 is 2.62 bits per heavy atom. The van der Waals surface area contributed by atoms with Gasteiger partial charge in [-0.25, -0.2) is 0 Å². The number of hydrogen-bond acceptors (Lipinski definition) is 7. The van der Waals surface area contributed by atoms with Crippen molar-refractivity contribution in [3.05, 3.63) is 58.4 Å². The first-order chi connectivity index (χ1) is 23.0. The molecule has 1 aromatic heterocycles. The molecule has 2 fully saturated rings. The van der Waals surface area contributed by atoms with Crippen molar-refractivity contribution in [2.75, 3.05) is 33.5 Å². The van der Waals surface area contributed by atoms with E-state index in [4.69, 9.17) is 24.1 Å². The smallest absolute Gasteiger partial charge is 0.418 e. The average Bonchev–Trinajstić information content (AvgIpc) is 3.53. The van der Waals surface area contributed by atoms with Crippen molar-refractivity contribution < 1.29 is 42.1 Å². The molecule has 0 spiro atoms. The van der Waals surface area contributed by atoms with E-state index in [0.717, 1.165) is 37.0 Å². The number of nitrogens with zero attached hydrogens (tertiary/aromatic N) is 2. The van der Waals surface area contributed by atoms with E-state index in [2.05, 4.69) is 24.1 Å². The summed E-state index contributed by atoms with van der Waals surface area (Å²) in [5.74, 6) is 0.674. The molecule has 1 aromatic carbocycles. The Hall–Kier alpha value is -3.22. The number of alkyl halides is 3. The number of benzene rings is 1. The van der Waals surface area contributed by atoms with Crippen LogP contribution in [0, 0.1) is 12.8 Å². The summed E-state index contributed by atoms with van der Waals surface area (Å²) in [6.07, 6.45) is 1.89. The molecular formula is C36H52F3N3O6. The monoisotopic (exact) mass is 679 g/mol. The Labute approximate surface area is 282 Å².